The first kappa shape index (κ1) is 14.6. The van der Waals surface area contributed by atoms with Gasteiger partial charge in [-0.25, -0.2) is 0 Å². The molecule has 2 aromatic rings. The number of benzene rings is 2. The van der Waals surface area contributed by atoms with Gasteiger partial charge in [0.05, 0.1) is 7.11 Å². The lowest BCUT2D eigenvalue weighted by molar-refractivity contribution is 0.404. The van der Waals surface area contributed by atoms with Crippen LogP contribution in [0, 0.1) is 6.92 Å². The van der Waals surface area contributed by atoms with Crippen molar-refractivity contribution < 1.29 is 4.74 Å². The Kier molecular flexibility index (Phi) is 5.16. The van der Waals surface area contributed by atoms with Gasteiger partial charge in [-0.3, -0.25) is 11.3 Å². The van der Waals surface area contributed by atoms with Crippen molar-refractivity contribution in [2.75, 3.05) is 7.11 Å². The first-order valence-electron chi connectivity index (χ1n) is 6.86. The minimum atomic E-state index is 0.188. The quantitative estimate of drug-likeness (QED) is 0.626. The number of ether oxygens (including phenoxy) is 1. The number of rotatable bonds is 6. The fourth-order valence-electron chi connectivity index (χ4n) is 2.45. The van der Waals surface area contributed by atoms with Crippen molar-refractivity contribution in [2.45, 2.75) is 25.8 Å². The molecule has 0 fully saturated rings. The standard InChI is InChI=1S/C17H22N2O/c1-13-6-5-7-14(10-13)11-16(19-18)12-15-8-3-4-9-17(15)20-2/h3-10,16,19H,11-12,18H2,1-2H3. The number of nitrogens with two attached hydrogens (primary N) is 1. The molecule has 0 aliphatic rings. The summed E-state index contributed by atoms with van der Waals surface area (Å²) in [4.78, 5) is 0. The SMILES string of the molecule is COc1ccccc1CC(Cc1cccc(C)c1)NN. The number of aryl methyl sites for hydroxylation is 1. The lowest BCUT2D eigenvalue weighted by Gasteiger charge is -2.18. The topological polar surface area (TPSA) is 47.3 Å². The maximum Gasteiger partial charge on any atom is 0.122 e. The highest BCUT2D eigenvalue weighted by Gasteiger charge is 2.12. The van der Waals surface area contributed by atoms with Gasteiger partial charge in [0.2, 0.25) is 0 Å². The Balaban J connectivity index is 2.09. The molecule has 3 N–H and O–H groups in total. The smallest absolute Gasteiger partial charge is 0.122 e. The summed E-state index contributed by atoms with van der Waals surface area (Å²) >= 11 is 0. The Morgan fingerprint density at radius 3 is 2.60 bits per heavy atom. The summed E-state index contributed by atoms with van der Waals surface area (Å²) in [5, 5.41) is 0. The Morgan fingerprint density at radius 1 is 1.10 bits per heavy atom. The van der Waals surface area contributed by atoms with Crippen molar-refractivity contribution in [2.24, 2.45) is 5.84 Å². The van der Waals surface area contributed by atoms with Crippen LogP contribution in [0.1, 0.15) is 16.7 Å². The normalized spacial score (nSPS) is 12.2. The predicted octanol–water partition coefficient (Wildman–Crippen LogP) is 2.62. The second-order valence-electron chi connectivity index (χ2n) is 5.07. The van der Waals surface area contributed by atoms with Crippen LogP contribution in [0.3, 0.4) is 0 Å². The molecule has 1 unspecified atom stereocenters. The van der Waals surface area contributed by atoms with Gasteiger partial charge in [-0.1, -0.05) is 48.0 Å². The third-order valence-corrected chi connectivity index (χ3v) is 3.46. The molecule has 0 aromatic heterocycles. The van der Waals surface area contributed by atoms with Gasteiger partial charge in [0, 0.05) is 6.04 Å². The molecule has 0 aliphatic heterocycles. The highest BCUT2D eigenvalue weighted by molar-refractivity contribution is 5.34. The van der Waals surface area contributed by atoms with Crippen LogP contribution in [0.5, 0.6) is 5.75 Å². The summed E-state index contributed by atoms with van der Waals surface area (Å²) in [6, 6.07) is 16.8. The van der Waals surface area contributed by atoms with Crippen LogP contribution in [-0.2, 0) is 12.8 Å². The second-order valence-corrected chi connectivity index (χ2v) is 5.07. The van der Waals surface area contributed by atoms with E-state index in [1.54, 1.807) is 7.11 Å². The van der Waals surface area contributed by atoms with Crippen molar-refractivity contribution in [3.63, 3.8) is 0 Å². The fourth-order valence-corrected chi connectivity index (χ4v) is 2.45. The van der Waals surface area contributed by atoms with E-state index in [0.29, 0.717) is 0 Å². The van der Waals surface area contributed by atoms with E-state index < -0.39 is 0 Å². The molecule has 3 heteroatoms. The number of methoxy groups -OCH3 is 1. The van der Waals surface area contributed by atoms with Gasteiger partial charge >= 0.3 is 0 Å². The second kappa shape index (κ2) is 7.08. The fraction of sp³-hybridized carbons (Fsp3) is 0.294. The van der Waals surface area contributed by atoms with E-state index in [9.17, 15) is 0 Å². The van der Waals surface area contributed by atoms with Gasteiger partial charge in [0.25, 0.3) is 0 Å². The van der Waals surface area contributed by atoms with Crippen molar-refractivity contribution >= 4 is 0 Å². The van der Waals surface area contributed by atoms with Crippen LogP contribution in [0.25, 0.3) is 0 Å². The molecule has 106 valence electrons. The minimum absolute atomic E-state index is 0.188. The van der Waals surface area contributed by atoms with Crippen LogP contribution >= 0.6 is 0 Å². The Morgan fingerprint density at radius 2 is 1.90 bits per heavy atom. The van der Waals surface area contributed by atoms with E-state index in [1.807, 2.05) is 18.2 Å². The van der Waals surface area contributed by atoms with Crippen LogP contribution in [-0.4, -0.2) is 13.2 Å². The zero-order valence-electron chi connectivity index (χ0n) is 12.1. The Hall–Kier alpha value is -1.84. The van der Waals surface area contributed by atoms with Gasteiger partial charge in [-0.2, -0.15) is 0 Å². The van der Waals surface area contributed by atoms with Gasteiger partial charge in [-0.05, 0) is 37.0 Å². The molecule has 0 heterocycles. The molecule has 0 amide bonds. The van der Waals surface area contributed by atoms with E-state index in [2.05, 4.69) is 42.7 Å². The molecule has 3 nitrogen and oxygen atoms in total. The average molecular weight is 270 g/mol. The minimum Gasteiger partial charge on any atom is -0.496 e. The largest absolute Gasteiger partial charge is 0.496 e. The molecule has 0 bridgehead atoms. The molecule has 1 atom stereocenters. The Labute approximate surface area is 120 Å². The number of hydrogen-bond acceptors (Lipinski definition) is 3. The zero-order valence-corrected chi connectivity index (χ0v) is 12.1. The van der Waals surface area contributed by atoms with Crippen LogP contribution in [0.2, 0.25) is 0 Å². The molecule has 0 spiro atoms. The number of hydrazine groups is 1. The van der Waals surface area contributed by atoms with Crippen LogP contribution in [0.4, 0.5) is 0 Å². The van der Waals surface area contributed by atoms with Crippen molar-refractivity contribution in [3.05, 3.63) is 65.2 Å². The third-order valence-electron chi connectivity index (χ3n) is 3.46. The number of hydrogen-bond donors (Lipinski definition) is 2. The van der Waals surface area contributed by atoms with Gasteiger partial charge < -0.3 is 4.74 Å². The van der Waals surface area contributed by atoms with E-state index in [1.165, 1.54) is 16.7 Å². The van der Waals surface area contributed by atoms with Crippen molar-refractivity contribution in [1.29, 1.82) is 0 Å². The molecule has 0 saturated heterocycles. The van der Waals surface area contributed by atoms with E-state index in [0.717, 1.165) is 18.6 Å². The summed E-state index contributed by atoms with van der Waals surface area (Å²) in [6.45, 7) is 2.11. The summed E-state index contributed by atoms with van der Waals surface area (Å²) in [6.07, 6.45) is 1.74. The molecular weight excluding hydrogens is 248 g/mol. The van der Waals surface area contributed by atoms with Crippen LogP contribution in [0.15, 0.2) is 48.5 Å². The first-order chi connectivity index (χ1) is 9.72. The van der Waals surface area contributed by atoms with Gasteiger partial charge in [-0.15, -0.1) is 0 Å². The predicted molar refractivity (Wildman–Crippen MR) is 82.7 cm³/mol. The monoisotopic (exact) mass is 270 g/mol. The van der Waals surface area contributed by atoms with E-state index >= 15 is 0 Å². The Bertz CT molecular complexity index is 554. The molecule has 0 saturated carbocycles. The summed E-state index contributed by atoms with van der Waals surface area (Å²) in [7, 11) is 1.70. The highest BCUT2D eigenvalue weighted by Crippen LogP contribution is 2.20. The van der Waals surface area contributed by atoms with Gasteiger partial charge in [0.15, 0.2) is 0 Å². The van der Waals surface area contributed by atoms with Gasteiger partial charge in [0.1, 0.15) is 5.75 Å². The number of para-hydroxylation sites is 1. The molecule has 20 heavy (non-hydrogen) atoms. The first-order valence-corrected chi connectivity index (χ1v) is 6.86. The van der Waals surface area contributed by atoms with E-state index in [4.69, 9.17) is 10.6 Å². The highest BCUT2D eigenvalue weighted by atomic mass is 16.5. The molecule has 0 radical (unpaired) electrons. The summed E-state index contributed by atoms with van der Waals surface area (Å²) in [5.41, 5.74) is 6.65. The number of nitrogens with one attached hydrogen (secondary N) is 1. The maximum absolute atomic E-state index is 5.71. The summed E-state index contributed by atoms with van der Waals surface area (Å²) < 4.78 is 5.39. The average Bonchev–Trinajstić information content (AvgIpc) is 2.47. The third kappa shape index (κ3) is 3.83. The molecule has 2 rings (SSSR count). The maximum atomic E-state index is 5.71. The lowest BCUT2D eigenvalue weighted by Crippen LogP contribution is -2.38. The zero-order chi connectivity index (χ0) is 14.4. The van der Waals surface area contributed by atoms with Crippen molar-refractivity contribution in [3.8, 4) is 5.75 Å². The molecule has 2 aromatic carbocycles. The molecule has 0 aliphatic carbocycles. The van der Waals surface area contributed by atoms with E-state index in [-0.39, 0.29) is 6.04 Å². The summed E-state index contributed by atoms with van der Waals surface area (Å²) in [5.74, 6) is 6.62. The van der Waals surface area contributed by atoms with Crippen LogP contribution < -0.4 is 16.0 Å². The van der Waals surface area contributed by atoms with Crippen molar-refractivity contribution in [1.82, 2.24) is 5.43 Å². The lowest BCUT2D eigenvalue weighted by atomic mass is 9.98. The molecular formula is C17H22N2O.